The standard InChI is InChI=1S/C15H18N2O2/c1-3-12-4-6-13(7-5-12)14(18)9-17-10-16-11(2)8-15(17)19/h4-8,10,14,18H,3,9H2,1-2H3. The summed E-state index contributed by atoms with van der Waals surface area (Å²) in [5, 5.41) is 10.1. The molecule has 19 heavy (non-hydrogen) atoms. The van der Waals surface area contributed by atoms with Crippen LogP contribution in [0.2, 0.25) is 0 Å². The van der Waals surface area contributed by atoms with Crippen LogP contribution < -0.4 is 5.56 Å². The lowest BCUT2D eigenvalue weighted by Gasteiger charge is -2.13. The highest BCUT2D eigenvalue weighted by atomic mass is 16.3. The second-order valence-corrected chi connectivity index (χ2v) is 4.63. The van der Waals surface area contributed by atoms with E-state index in [0.29, 0.717) is 5.69 Å². The van der Waals surface area contributed by atoms with Crippen LogP contribution in [-0.4, -0.2) is 14.7 Å². The summed E-state index contributed by atoms with van der Waals surface area (Å²) in [7, 11) is 0. The largest absolute Gasteiger partial charge is 0.387 e. The fraction of sp³-hybridized carbons (Fsp3) is 0.333. The Morgan fingerprint density at radius 2 is 2.00 bits per heavy atom. The smallest absolute Gasteiger partial charge is 0.253 e. The van der Waals surface area contributed by atoms with Gasteiger partial charge in [-0.25, -0.2) is 4.98 Å². The van der Waals surface area contributed by atoms with E-state index in [2.05, 4.69) is 11.9 Å². The lowest BCUT2D eigenvalue weighted by molar-refractivity contribution is 0.154. The molecule has 1 unspecified atom stereocenters. The van der Waals surface area contributed by atoms with Gasteiger partial charge in [0.1, 0.15) is 0 Å². The molecule has 1 atom stereocenters. The van der Waals surface area contributed by atoms with E-state index in [-0.39, 0.29) is 12.1 Å². The number of rotatable bonds is 4. The van der Waals surface area contributed by atoms with E-state index in [1.54, 1.807) is 6.92 Å². The number of aryl methyl sites for hydroxylation is 2. The molecule has 100 valence electrons. The molecule has 1 heterocycles. The molecule has 0 fully saturated rings. The lowest BCUT2D eigenvalue weighted by Crippen LogP contribution is -2.23. The maximum Gasteiger partial charge on any atom is 0.253 e. The SMILES string of the molecule is CCc1ccc(C(O)Cn2cnc(C)cc2=O)cc1. The Bertz CT molecular complexity index is 602. The first-order chi connectivity index (χ1) is 9.10. The Balaban J connectivity index is 2.15. The van der Waals surface area contributed by atoms with Crippen molar-refractivity contribution < 1.29 is 5.11 Å². The van der Waals surface area contributed by atoms with E-state index in [1.807, 2.05) is 24.3 Å². The quantitative estimate of drug-likeness (QED) is 0.910. The maximum absolute atomic E-state index is 11.7. The molecule has 0 aliphatic carbocycles. The van der Waals surface area contributed by atoms with Crippen molar-refractivity contribution in [3.05, 3.63) is 63.8 Å². The third-order valence-corrected chi connectivity index (χ3v) is 3.16. The topological polar surface area (TPSA) is 55.1 Å². The average molecular weight is 258 g/mol. The van der Waals surface area contributed by atoms with Gasteiger partial charge >= 0.3 is 0 Å². The van der Waals surface area contributed by atoms with Crippen LogP contribution >= 0.6 is 0 Å². The number of aliphatic hydroxyl groups excluding tert-OH is 1. The highest BCUT2D eigenvalue weighted by Gasteiger charge is 2.09. The lowest BCUT2D eigenvalue weighted by atomic mass is 10.1. The van der Waals surface area contributed by atoms with Crippen molar-refractivity contribution in [3.8, 4) is 0 Å². The van der Waals surface area contributed by atoms with Gasteiger partial charge in [0.15, 0.2) is 0 Å². The Morgan fingerprint density at radius 3 is 2.58 bits per heavy atom. The maximum atomic E-state index is 11.7. The van der Waals surface area contributed by atoms with Gasteiger partial charge in [0.25, 0.3) is 5.56 Å². The van der Waals surface area contributed by atoms with Crippen LogP contribution in [0.25, 0.3) is 0 Å². The molecule has 1 aromatic heterocycles. The molecule has 0 aliphatic rings. The Kier molecular flexibility index (Phi) is 4.12. The molecule has 0 aliphatic heterocycles. The molecule has 0 spiro atoms. The summed E-state index contributed by atoms with van der Waals surface area (Å²) in [5.74, 6) is 0. The average Bonchev–Trinajstić information content (AvgIpc) is 2.42. The van der Waals surface area contributed by atoms with Gasteiger partial charge in [0, 0.05) is 11.8 Å². The normalized spacial score (nSPS) is 12.4. The van der Waals surface area contributed by atoms with Gasteiger partial charge in [0.05, 0.1) is 19.0 Å². The third-order valence-electron chi connectivity index (χ3n) is 3.16. The number of hydrogen-bond donors (Lipinski definition) is 1. The van der Waals surface area contributed by atoms with Crippen LogP contribution in [0.15, 0.2) is 41.5 Å². The monoisotopic (exact) mass is 258 g/mol. The second kappa shape index (κ2) is 5.80. The minimum atomic E-state index is -0.701. The van der Waals surface area contributed by atoms with E-state index in [1.165, 1.54) is 22.5 Å². The van der Waals surface area contributed by atoms with E-state index >= 15 is 0 Å². The number of nitrogens with zero attached hydrogens (tertiary/aromatic N) is 2. The van der Waals surface area contributed by atoms with Crippen molar-refractivity contribution in [3.63, 3.8) is 0 Å². The minimum Gasteiger partial charge on any atom is -0.387 e. The molecular weight excluding hydrogens is 240 g/mol. The van der Waals surface area contributed by atoms with Crippen LogP contribution in [0.4, 0.5) is 0 Å². The second-order valence-electron chi connectivity index (χ2n) is 4.63. The van der Waals surface area contributed by atoms with E-state index in [9.17, 15) is 9.90 Å². The molecule has 0 bridgehead atoms. The van der Waals surface area contributed by atoms with Crippen molar-refractivity contribution in [1.29, 1.82) is 0 Å². The zero-order valence-corrected chi connectivity index (χ0v) is 11.2. The van der Waals surface area contributed by atoms with Gasteiger partial charge in [0.2, 0.25) is 0 Å². The molecule has 4 nitrogen and oxygen atoms in total. The van der Waals surface area contributed by atoms with Crippen LogP contribution in [-0.2, 0) is 13.0 Å². The highest BCUT2D eigenvalue weighted by molar-refractivity contribution is 5.24. The molecule has 1 N–H and O–H groups in total. The van der Waals surface area contributed by atoms with Crippen molar-refractivity contribution in [2.45, 2.75) is 32.9 Å². The van der Waals surface area contributed by atoms with Gasteiger partial charge in [-0.2, -0.15) is 0 Å². The highest BCUT2D eigenvalue weighted by Crippen LogP contribution is 2.15. The van der Waals surface area contributed by atoms with Gasteiger partial charge < -0.3 is 5.11 Å². The van der Waals surface area contributed by atoms with Crippen LogP contribution in [0.1, 0.15) is 29.8 Å². The third kappa shape index (κ3) is 3.29. The molecule has 0 saturated carbocycles. The molecular formula is C15H18N2O2. The molecule has 0 amide bonds. The van der Waals surface area contributed by atoms with Gasteiger partial charge in [-0.3, -0.25) is 9.36 Å². The van der Waals surface area contributed by atoms with Crippen molar-refractivity contribution in [2.75, 3.05) is 0 Å². The van der Waals surface area contributed by atoms with Gasteiger partial charge in [-0.1, -0.05) is 31.2 Å². The number of aliphatic hydroxyl groups is 1. The van der Waals surface area contributed by atoms with Crippen molar-refractivity contribution in [2.24, 2.45) is 0 Å². The molecule has 2 aromatic rings. The van der Waals surface area contributed by atoms with Crippen LogP contribution in [0, 0.1) is 6.92 Å². The van der Waals surface area contributed by atoms with Gasteiger partial charge in [-0.05, 0) is 24.5 Å². The van der Waals surface area contributed by atoms with E-state index in [4.69, 9.17) is 0 Å². The summed E-state index contributed by atoms with van der Waals surface area (Å²) in [4.78, 5) is 15.8. The Morgan fingerprint density at radius 1 is 1.32 bits per heavy atom. The predicted octanol–water partition coefficient (Wildman–Crippen LogP) is 1.85. The molecule has 4 heteroatoms. The Labute approximate surface area is 112 Å². The summed E-state index contributed by atoms with van der Waals surface area (Å²) in [6, 6.07) is 9.25. The van der Waals surface area contributed by atoms with E-state index in [0.717, 1.165) is 12.0 Å². The van der Waals surface area contributed by atoms with Gasteiger partial charge in [-0.15, -0.1) is 0 Å². The summed E-state index contributed by atoms with van der Waals surface area (Å²) >= 11 is 0. The predicted molar refractivity (Wildman–Crippen MR) is 74.0 cm³/mol. The summed E-state index contributed by atoms with van der Waals surface area (Å²) < 4.78 is 1.42. The number of benzene rings is 1. The first-order valence-electron chi connectivity index (χ1n) is 6.40. The molecule has 2 rings (SSSR count). The van der Waals surface area contributed by atoms with Crippen LogP contribution in [0.5, 0.6) is 0 Å². The zero-order chi connectivity index (χ0) is 13.8. The van der Waals surface area contributed by atoms with Crippen molar-refractivity contribution >= 4 is 0 Å². The number of aromatic nitrogens is 2. The fourth-order valence-corrected chi connectivity index (χ4v) is 1.92. The number of hydrogen-bond acceptors (Lipinski definition) is 3. The minimum absolute atomic E-state index is 0.142. The fourth-order valence-electron chi connectivity index (χ4n) is 1.92. The first-order valence-corrected chi connectivity index (χ1v) is 6.40. The van der Waals surface area contributed by atoms with Crippen LogP contribution in [0.3, 0.4) is 0 Å². The van der Waals surface area contributed by atoms with E-state index < -0.39 is 6.10 Å². The van der Waals surface area contributed by atoms with Crippen molar-refractivity contribution in [1.82, 2.24) is 9.55 Å². The summed E-state index contributed by atoms with van der Waals surface area (Å²) in [5.41, 5.74) is 2.58. The first kappa shape index (κ1) is 13.5. The summed E-state index contributed by atoms with van der Waals surface area (Å²) in [6.07, 6.45) is 1.74. The zero-order valence-electron chi connectivity index (χ0n) is 11.2. The summed E-state index contributed by atoms with van der Waals surface area (Å²) in [6.45, 7) is 4.08. The Hall–Kier alpha value is -1.94. The molecule has 0 saturated heterocycles. The molecule has 1 aromatic carbocycles. The molecule has 0 radical (unpaired) electrons.